The van der Waals surface area contributed by atoms with Crippen molar-refractivity contribution >= 4 is 5.65 Å². The van der Waals surface area contributed by atoms with Gasteiger partial charge in [0.05, 0.1) is 23.6 Å². The van der Waals surface area contributed by atoms with Crippen molar-refractivity contribution in [3.8, 4) is 0 Å². The first-order valence-corrected chi connectivity index (χ1v) is 8.45. The van der Waals surface area contributed by atoms with Gasteiger partial charge in [0.25, 0.3) is 0 Å². The molecule has 1 saturated heterocycles. The third-order valence-corrected chi connectivity index (χ3v) is 4.70. The lowest BCUT2D eigenvalue weighted by Gasteiger charge is -2.23. The van der Waals surface area contributed by atoms with Crippen LogP contribution in [-0.4, -0.2) is 36.0 Å². The zero-order chi connectivity index (χ0) is 16.7. The Labute approximate surface area is 141 Å². The molecule has 0 radical (unpaired) electrons. The topological polar surface area (TPSA) is 59.2 Å². The molecule has 0 saturated carbocycles. The number of hydrogen-bond donors (Lipinski definition) is 0. The van der Waals surface area contributed by atoms with E-state index >= 15 is 0 Å². The number of fused-ring (bicyclic) bond motifs is 1. The van der Waals surface area contributed by atoms with Crippen LogP contribution in [0.15, 0.2) is 24.7 Å². The Morgan fingerprint density at radius 3 is 2.79 bits per heavy atom. The van der Waals surface area contributed by atoms with Gasteiger partial charge in [-0.25, -0.2) is 9.50 Å². The van der Waals surface area contributed by atoms with E-state index in [0.717, 1.165) is 47.9 Å². The zero-order valence-electron chi connectivity index (χ0n) is 14.4. The highest BCUT2D eigenvalue weighted by atomic mass is 15.3. The fourth-order valence-electron chi connectivity index (χ4n) is 3.64. The molecule has 6 nitrogen and oxygen atoms in total. The largest absolute Gasteiger partial charge is 0.290 e. The smallest absolute Gasteiger partial charge is 0.159 e. The second kappa shape index (κ2) is 5.94. The summed E-state index contributed by atoms with van der Waals surface area (Å²) in [6.07, 6.45) is 7.97. The molecule has 0 aliphatic carbocycles. The van der Waals surface area contributed by atoms with Crippen molar-refractivity contribution in [1.29, 1.82) is 0 Å². The average molecular weight is 322 g/mol. The van der Waals surface area contributed by atoms with Crippen LogP contribution in [0.4, 0.5) is 0 Å². The summed E-state index contributed by atoms with van der Waals surface area (Å²) in [6.45, 7) is 8.02. The lowest BCUT2D eigenvalue weighted by Crippen LogP contribution is -2.23. The monoisotopic (exact) mass is 322 g/mol. The predicted octanol–water partition coefficient (Wildman–Crippen LogP) is 2.78. The van der Waals surface area contributed by atoms with E-state index in [-0.39, 0.29) is 0 Å². The maximum absolute atomic E-state index is 4.70. The van der Waals surface area contributed by atoms with E-state index in [1.807, 2.05) is 37.0 Å². The lowest BCUT2D eigenvalue weighted by atomic mass is 10.1. The number of hydrogen-bond acceptors (Lipinski definition) is 5. The van der Waals surface area contributed by atoms with Crippen molar-refractivity contribution in [1.82, 2.24) is 29.5 Å². The predicted molar refractivity (Wildman–Crippen MR) is 91.6 cm³/mol. The quantitative estimate of drug-likeness (QED) is 0.742. The molecule has 1 unspecified atom stereocenters. The Morgan fingerprint density at radius 1 is 1.08 bits per heavy atom. The normalized spacial score (nSPS) is 18.5. The SMILES string of the molecule is Cc1cncc(C2CCCN2Cc2cnn3c(C)cc(C)nc23)n1. The molecule has 1 atom stereocenters. The minimum Gasteiger partial charge on any atom is -0.290 e. The summed E-state index contributed by atoms with van der Waals surface area (Å²) in [7, 11) is 0. The molecule has 0 amide bonds. The van der Waals surface area contributed by atoms with Crippen LogP contribution < -0.4 is 0 Å². The molecule has 3 aromatic rings. The number of nitrogens with zero attached hydrogens (tertiary/aromatic N) is 6. The number of aromatic nitrogens is 5. The van der Waals surface area contributed by atoms with Crippen LogP contribution in [0.1, 0.15) is 47.2 Å². The van der Waals surface area contributed by atoms with E-state index in [1.165, 1.54) is 12.0 Å². The molecule has 0 aromatic carbocycles. The van der Waals surface area contributed by atoms with E-state index in [0.29, 0.717) is 6.04 Å². The Hall–Kier alpha value is -2.34. The van der Waals surface area contributed by atoms with Crippen molar-refractivity contribution in [2.24, 2.45) is 0 Å². The summed E-state index contributed by atoms with van der Waals surface area (Å²) in [5.41, 5.74) is 6.34. The molecular weight excluding hydrogens is 300 g/mol. The molecule has 1 fully saturated rings. The number of likely N-dealkylation sites (tertiary alicyclic amines) is 1. The summed E-state index contributed by atoms with van der Waals surface area (Å²) in [6, 6.07) is 2.39. The second-order valence-corrected chi connectivity index (χ2v) is 6.66. The van der Waals surface area contributed by atoms with Crippen LogP contribution in [0, 0.1) is 20.8 Å². The van der Waals surface area contributed by atoms with Crippen molar-refractivity contribution < 1.29 is 0 Å². The van der Waals surface area contributed by atoms with Crippen molar-refractivity contribution in [2.45, 2.75) is 46.2 Å². The summed E-state index contributed by atoms with van der Waals surface area (Å²) >= 11 is 0. The maximum Gasteiger partial charge on any atom is 0.159 e. The van der Waals surface area contributed by atoms with Crippen LogP contribution >= 0.6 is 0 Å². The fraction of sp³-hybridized carbons (Fsp3) is 0.444. The Morgan fingerprint density at radius 2 is 1.96 bits per heavy atom. The minimum absolute atomic E-state index is 0.332. The molecule has 0 bridgehead atoms. The van der Waals surface area contributed by atoms with Gasteiger partial charge in [0, 0.05) is 35.9 Å². The van der Waals surface area contributed by atoms with Gasteiger partial charge in [-0.2, -0.15) is 5.10 Å². The van der Waals surface area contributed by atoms with Gasteiger partial charge < -0.3 is 0 Å². The highest BCUT2D eigenvalue weighted by Gasteiger charge is 2.28. The third-order valence-electron chi connectivity index (χ3n) is 4.70. The van der Waals surface area contributed by atoms with Crippen molar-refractivity contribution in [3.05, 3.63) is 53.0 Å². The highest BCUT2D eigenvalue weighted by molar-refractivity contribution is 5.48. The van der Waals surface area contributed by atoms with Crippen LogP contribution in [-0.2, 0) is 6.54 Å². The summed E-state index contributed by atoms with van der Waals surface area (Å²) < 4.78 is 1.93. The van der Waals surface area contributed by atoms with Crippen molar-refractivity contribution in [3.63, 3.8) is 0 Å². The van der Waals surface area contributed by atoms with Gasteiger partial charge in [-0.05, 0) is 46.2 Å². The van der Waals surface area contributed by atoms with Gasteiger partial charge in [-0.3, -0.25) is 14.9 Å². The Balaban J connectivity index is 1.65. The summed E-state index contributed by atoms with van der Waals surface area (Å²) in [5, 5.41) is 4.51. The molecule has 0 spiro atoms. The molecular formula is C18H22N6. The highest BCUT2D eigenvalue weighted by Crippen LogP contribution is 2.32. The number of rotatable bonds is 3. The molecule has 3 aromatic heterocycles. The number of aryl methyl sites for hydroxylation is 3. The molecule has 1 aliphatic heterocycles. The first-order chi connectivity index (χ1) is 11.6. The van der Waals surface area contributed by atoms with Crippen LogP contribution in [0.2, 0.25) is 0 Å². The van der Waals surface area contributed by atoms with Gasteiger partial charge >= 0.3 is 0 Å². The maximum atomic E-state index is 4.70. The van der Waals surface area contributed by atoms with Crippen LogP contribution in [0.5, 0.6) is 0 Å². The molecule has 24 heavy (non-hydrogen) atoms. The minimum atomic E-state index is 0.332. The van der Waals surface area contributed by atoms with Crippen molar-refractivity contribution in [2.75, 3.05) is 6.54 Å². The molecule has 124 valence electrons. The van der Waals surface area contributed by atoms with E-state index < -0.39 is 0 Å². The molecule has 4 rings (SSSR count). The van der Waals surface area contributed by atoms with Crippen LogP contribution in [0.3, 0.4) is 0 Å². The molecule has 1 aliphatic rings. The third kappa shape index (κ3) is 2.67. The summed E-state index contributed by atoms with van der Waals surface area (Å²) in [4.78, 5) is 16.2. The van der Waals surface area contributed by atoms with E-state index in [1.54, 1.807) is 0 Å². The average Bonchev–Trinajstić information content (AvgIpc) is 3.15. The van der Waals surface area contributed by atoms with E-state index in [9.17, 15) is 0 Å². The first-order valence-electron chi connectivity index (χ1n) is 8.45. The Kier molecular flexibility index (Phi) is 3.76. The molecule has 6 heteroatoms. The second-order valence-electron chi connectivity index (χ2n) is 6.66. The lowest BCUT2D eigenvalue weighted by molar-refractivity contribution is 0.244. The van der Waals surface area contributed by atoms with E-state index in [2.05, 4.69) is 33.0 Å². The molecule has 0 N–H and O–H groups in total. The van der Waals surface area contributed by atoms with Gasteiger partial charge in [0.2, 0.25) is 0 Å². The first kappa shape index (κ1) is 15.2. The van der Waals surface area contributed by atoms with Gasteiger partial charge in [-0.15, -0.1) is 0 Å². The fourth-order valence-corrected chi connectivity index (χ4v) is 3.64. The van der Waals surface area contributed by atoms with Gasteiger partial charge in [-0.1, -0.05) is 0 Å². The molecule has 4 heterocycles. The van der Waals surface area contributed by atoms with Crippen LogP contribution in [0.25, 0.3) is 5.65 Å². The Bertz CT molecular complexity index is 884. The van der Waals surface area contributed by atoms with E-state index in [4.69, 9.17) is 4.98 Å². The summed E-state index contributed by atoms with van der Waals surface area (Å²) in [5.74, 6) is 0. The van der Waals surface area contributed by atoms with Gasteiger partial charge in [0.1, 0.15) is 0 Å². The standard InChI is InChI=1S/C18H22N6/c1-12-7-14(3)24-18(22-12)15(9-20-24)11-23-6-4-5-17(23)16-10-19-8-13(2)21-16/h7-10,17H,4-6,11H2,1-3H3. The zero-order valence-corrected chi connectivity index (χ0v) is 14.4. The van der Waals surface area contributed by atoms with Gasteiger partial charge in [0.15, 0.2) is 5.65 Å².